The van der Waals surface area contributed by atoms with Crippen LogP contribution in [0.2, 0.25) is 0 Å². The Balaban J connectivity index is 2.63. The van der Waals surface area contributed by atoms with E-state index in [1.54, 1.807) is 12.0 Å². The fraction of sp³-hybridized carbons (Fsp3) is 0.500. The zero-order chi connectivity index (χ0) is 14.4. The van der Waals surface area contributed by atoms with Crippen LogP contribution in [-0.4, -0.2) is 37.6 Å². The van der Waals surface area contributed by atoms with Crippen LogP contribution >= 0.6 is 15.9 Å². The number of amides is 1. The lowest BCUT2D eigenvalue weighted by Gasteiger charge is -2.21. The second kappa shape index (κ2) is 7.50. The van der Waals surface area contributed by atoms with E-state index in [0.717, 1.165) is 15.8 Å². The van der Waals surface area contributed by atoms with Gasteiger partial charge in [-0.2, -0.15) is 0 Å². The smallest absolute Gasteiger partial charge is 0.239 e. The molecule has 0 radical (unpaired) electrons. The Bertz CT molecular complexity index is 437. The number of likely N-dealkylation sites (N-methyl/N-ethyl adjacent to an activating group) is 1. The van der Waals surface area contributed by atoms with E-state index in [0.29, 0.717) is 13.1 Å². The van der Waals surface area contributed by atoms with E-state index in [1.165, 1.54) is 0 Å². The fourth-order valence-corrected chi connectivity index (χ4v) is 2.04. The molecule has 0 bridgehead atoms. The van der Waals surface area contributed by atoms with Crippen molar-refractivity contribution in [1.29, 1.82) is 0 Å². The highest BCUT2D eigenvalue weighted by atomic mass is 79.9. The summed E-state index contributed by atoms with van der Waals surface area (Å²) >= 11 is 3.50. The van der Waals surface area contributed by atoms with Crippen molar-refractivity contribution < 1.29 is 9.53 Å². The number of nitrogens with one attached hydrogen (secondary N) is 1. The van der Waals surface area contributed by atoms with Crippen molar-refractivity contribution in [3.63, 3.8) is 0 Å². The summed E-state index contributed by atoms with van der Waals surface area (Å²) in [6.45, 7) is 5.17. The van der Waals surface area contributed by atoms with Crippen molar-refractivity contribution in [2.24, 2.45) is 0 Å². The Hall–Kier alpha value is -1.07. The minimum Gasteiger partial charge on any atom is -0.497 e. The highest BCUT2D eigenvalue weighted by Gasteiger charge is 2.15. The SMILES string of the molecule is CCN(C)C(=O)C(C)NCc1cc(OC)ccc1Br. The second-order valence-electron chi connectivity index (χ2n) is 4.41. The van der Waals surface area contributed by atoms with Crippen LogP contribution in [0.3, 0.4) is 0 Å². The minimum absolute atomic E-state index is 0.0986. The number of carbonyl (C=O) groups excluding carboxylic acids is 1. The quantitative estimate of drug-likeness (QED) is 0.871. The third-order valence-electron chi connectivity index (χ3n) is 3.07. The minimum atomic E-state index is -0.206. The molecule has 0 aromatic heterocycles. The van der Waals surface area contributed by atoms with Crippen LogP contribution in [0.1, 0.15) is 19.4 Å². The molecule has 1 amide bonds. The van der Waals surface area contributed by atoms with Crippen LogP contribution in [0.5, 0.6) is 5.75 Å². The summed E-state index contributed by atoms with van der Waals surface area (Å²) < 4.78 is 6.20. The Morgan fingerprint density at radius 2 is 2.21 bits per heavy atom. The molecule has 0 saturated heterocycles. The largest absolute Gasteiger partial charge is 0.497 e. The van der Waals surface area contributed by atoms with Gasteiger partial charge in [-0.1, -0.05) is 15.9 Å². The van der Waals surface area contributed by atoms with E-state index in [1.807, 2.05) is 39.1 Å². The molecule has 19 heavy (non-hydrogen) atoms. The lowest BCUT2D eigenvalue weighted by Crippen LogP contribution is -2.42. The molecule has 4 nitrogen and oxygen atoms in total. The molecule has 5 heteroatoms. The number of methoxy groups -OCH3 is 1. The summed E-state index contributed by atoms with van der Waals surface area (Å²) in [5.74, 6) is 0.908. The Morgan fingerprint density at radius 3 is 2.79 bits per heavy atom. The van der Waals surface area contributed by atoms with Crippen molar-refractivity contribution in [2.75, 3.05) is 20.7 Å². The zero-order valence-corrected chi connectivity index (χ0v) is 13.5. The summed E-state index contributed by atoms with van der Waals surface area (Å²) in [4.78, 5) is 13.6. The molecule has 1 atom stereocenters. The molecule has 106 valence electrons. The van der Waals surface area contributed by atoms with Crippen molar-refractivity contribution in [3.8, 4) is 5.75 Å². The first-order valence-electron chi connectivity index (χ1n) is 6.30. The van der Waals surface area contributed by atoms with Crippen molar-refractivity contribution in [1.82, 2.24) is 10.2 Å². The summed E-state index contributed by atoms with van der Waals surface area (Å²) in [5.41, 5.74) is 1.07. The number of benzene rings is 1. The molecule has 0 aliphatic heterocycles. The van der Waals surface area contributed by atoms with Gasteiger partial charge in [0.25, 0.3) is 0 Å². The number of rotatable bonds is 6. The molecule has 0 aliphatic rings. The lowest BCUT2D eigenvalue weighted by molar-refractivity contribution is -0.131. The van der Waals surface area contributed by atoms with Gasteiger partial charge in [-0.3, -0.25) is 4.79 Å². The molecule has 0 fully saturated rings. The van der Waals surface area contributed by atoms with E-state index in [2.05, 4.69) is 21.2 Å². The summed E-state index contributed by atoms with van der Waals surface area (Å²) in [7, 11) is 3.45. The molecule has 1 aromatic carbocycles. The van der Waals surface area contributed by atoms with Crippen molar-refractivity contribution in [2.45, 2.75) is 26.4 Å². The van der Waals surface area contributed by atoms with Gasteiger partial charge in [-0.05, 0) is 37.6 Å². The van der Waals surface area contributed by atoms with Gasteiger partial charge < -0.3 is 15.0 Å². The highest BCUT2D eigenvalue weighted by Crippen LogP contribution is 2.22. The van der Waals surface area contributed by atoms with Gasteiger partial charge in [0.1, 0.15) is 5.75 Å². The molecule has 1 unspecified atom stereocenters. The zero-order valence-electron chi connectivity index (χ0n) is 11.9. The average molecular weight is 329 g/mol. The molecule has 0 spiro atoms. The normalized spacial score (nSPS) is 12.1. The molecule has 1 N–H and O–H groups in total. The maximum Gasteiger partial charge on any atom is 0.239 e. The topological polar surface area (TPSA) is 41.6 Å². The van der Waals surface area contributed by atoms with E-state index in [9.17, 15) is 4.79 Å². The van der Waals surface area contributed by atoms with Crippen LogP contribution in [-0.2, 0) is 11.3 Å². The molecule has 1 aromatic rings. The number of ether oxygens (including phenoxy) is 1. The molecular weight excluding hydrogens is 308 g/mol. The first kappa shape index (κ1) is 16.0. The van der Waals surface area contributed by atoms with Crippen LogP contribution in [0.4, 0.5) is 0 Å². The molecule has 0 saturated carbocycles. The van der Waals surface area contributed by atoms with E-state index < -0.39 is 0 Å². The maximum absolute atomic E-state index is 11.9. The maximum atomic E-state index is 11.9. The standard InChI is InChI=1S/C14H21BrN2O2/c1-5-17(3)14(18)10(2)16-9-11-8-12(19-4)6-7-13(11)15/h6-8,10,16H,5,9H2,1-4H3. The van der Waals surface area contributed by atoms with Crippen molar-refractivity contribution in [3.05, 3.63) is 28.2 Å². The Kier molecular flexibility index (Phi) is 6.31. The van der Waals surface area contributed by atoms with Crippen molar-refractivity contribution >= 4 is 21.8 Å². The number of hydrogen-bond donors (Lipinski definition) is 1. The summed E-state index contributed by atoms with van der Waals surface area (Å²) in [6.07, 6.45) is 0. The van der Waals surface area contributed by atoms with Gasteiger partial charge in [0.05, 0.1) is 13.2 Å². The monoisotopic (exact) mass is 328 g/mol. The van der Waals surface area contributed by atoms with E-state index >= 15 is 0 Å². The molecule has 0 heterocycles. The number of carbonyl (C=O) groups is 1. The summed E-state index contributed by atoms with van der Waals surface area (Å²) in [6, 6.07) is 5.59. The van der Waals surface area contributed by atoms with Crippen LogP contribution in [0, 0.1) is 0 Å². The van der Waals surface area contributed by atoms with Gasteiger partial charge in [-0.25, -0.2) is 0 Å². The van der Waals surface area contributed by atoms with Crippen LogP contribution in [0.15, 0.2) is 22.7 Å². The van der Waals surface area contributed by atoms with Gasteiger partial charge in [0.15, 0.2) is 0 Å². The lowest BCUT2D eigenvalue weighted by atomic mass is 10.2. The molecule has 1 rings (SSSR count). The number of nitrogens with zero attached hydrogens (tertiary/aromatic N) is 1. The van der Waals surface area contributed by atoms with E-state index in [4.69, 9.17) is 4.74 Å². The van der Waals surface area contributed by atoms with Gasteiger partial charge >= 0.3 is 0 Å². The first-order chi connectivity index (χ1) is 8.99. The fourth-order valence-electron chi connectivity index (χ4n) is 1.65. The molecule has 0 aliphatic carbocycles. The predicted molar refractivity (Wildman–Crippen MR) is 80.3 cm³/mol. The second-order valence-corrected chi connectivity index (χ2v) is 5.27. The van der Waals surface area contributed by atoms with E-state index in [-0.39, 0.29) is 11.9 Å². The third-order valence-corrected chi connectivity index (χ3v) is 3.85. The predicted octanol–water partition coefficient (Wildman–Crippen LogP) is 2.41. The van der Waals surface area contributed by atoms with Gasteiger partial charge in [0.2, 0.25) is 5.91 Å². The van der Waals surface area contributed by atoms with Gasteiger partial charge in [0, 0.05) is 24.6 Å². The number of halogens is 1. The Labute approximate surface area is 123 Å². The third kappa shape index (κ3) is 4.51. The number of hydrogen-bond acceptors (Lipinski definition) is 3. The average Bonchev–Trinajstić information content (AvgIpc) is 2.44. The van der Waals surface area contributed by atoms with Crippen LogP contribution < -0.4 is 10.1 Å². The Morgan fingerprint density at radius 1 is 1.53 bits per heavy atom. The first-order valence-corrected chi connectivity index (χ1v) is 7.09. The summed E-state index contributed by atoms with van der Waals surface area (Å²) in [5, 5.41) is 3.23. The molecular formula is C14H21BrN2O2. The highest BCUT2D eigenvalue weighted by molar-refractivity contribution is 9.10. The van der Waals surface area contributed by atoms with Gasteiger partial charge in [-0.15, -0.1) is 0 Å². The van der Waals surface area contributed by atoms with Crippen LogP contribution in [0.25, 0.3) is 0 Å².